The van der Waals surface area contributed by atoms with Gasteiger partial charge in [-0.15, -0.1) is 0 Å². The number of esters is 1. The van der Waals surface area contributed by atoms with Crippen LogP contribution in [0.1, 0.15) is 86.9 Å². The number of hydrogen-bond acceptors (Lipinski definition) is 6. The first-order valence-electron chi connectivity index (χ1n) is 14.9. The largest absolute Gasteiger partial charge is 0.489 e. The van der Waals surface area contributed by atoms with E-state index in [2.05, 4.69) is 5.32 Å². The van der Waals surface area contributed by atoms with Gasteiger partial charge in [-0.3, -0.25) is 4.79 Å². The molecule has 0 spiro atoms. The van der Waals surface area contributed by atoms with E-state index in [0.29, 0.717) is 30.7 Å². The van der Waals surface area contributed by atoms with E-state index < -0.39 is 29.7 Å². The second-order valence-corrected chi connectivity index (χ2v) is 11.9. The molecular formula is C35H43NO6. The van der Waals surface area contributed by atoms with E-state index in [9.17, 15) is 19.8 Å². The van der Waals surface area contributed by atoms with Gasteiger partial charge in [-0.2, -0.15) is 0 Å². The lowest BCUT2D eigenvalue weighted by atomic mass is 9.92. The van der Waals surface area contributed by atoms with Crippen LogP contribution in [0.15, 0.2) is 72.8 Å². The summed E-state index contributed by atoms with van der Waals surface area (Å²) in [5.74, 6) is -1.11. The standard InChI is InChI=1S/C35H43NO6/c1-35(2,3)42-34(40)30(31(37)25-16-9-5-10-17-25)36-23-13-20-28-27(24-14-7-4-8-15-24)21-22-29(33(38)39)32(28)41-26-18-11-6-12-19-26/h4-5,7-10,14-17,21-22,26,30-31,36-37H,6,11-13,18-20,23H2,1-3H3,(H,38,39)/t30?,31-/m1/s1. The zero-order valence-corrected chi connectivity index (χ0v) is 24.8. The molecule has 4 rings (SSSR count). The summed E-state index contributed by atoms with van der Waals surface area (Å²) < 4.78 is 12.1. The van der Waals surface area contributed by atoms with Gasteiger partial charge in [0.2, 0.25) is 0 Å². The van der Waals surface area contributed by atoms with Gasteiger partial charge in [-0.05, 0) is 88.6 Å². The predicted octanol–water partition coefficient (Wildman–Crippen LogP) is 6.73. The molecule has 1 fully saturated rings. The lowest BCUT2D eigenvalue weighted by molar-refractivity contribution is -0.160. The van der Waals surface area contributed by atoms with Crippen molar-refractivity contribution in [2.75, 3.05) is 6.54 Å². The van der Waals surface area contributed by atoms with Crippen LogP contribution in [0.3, 0.4) is 0 Å². The fourth-order valence-electron chi connectivity index (χ4n) is 5.47. The maximum atomic E-state index is 13.1. The number of aromatic carboxylic acids is 1. The third kappa shape index (κ3) is 8.43. The number of aliphatic hydroxyl groups excluding tert-OH is 1. The molecule has 0 saturated heterocycles. The monoisotopic (exact) mass is 573 g/mol. The van der Waals surface area contributed by atoms with Crippen molar-refractivity contribution in [2.24, 2.45) is 0 Å². The molecule has 0 bridgehead atoms. The van der Waals surface area contributed by atoms with E-state index in [1.54, 1.807) is 39.0 Å². The van der Waals surface area contributed by atoms with Gasteiger partial charge >= 0.3 is 11.9 Å². The lowest BCUT2D eigenvalue weighted by Crippen LogP contribution is -2.45. The predicted molar refractivity (Wildman–Crippen MR) is 164 cm³/mol. The molecule has 0 aliphatic heterocycles. The number of carboxylic acid groups (broad SMARTS) is 1. The summed E-state index contributed by atoms with van der Waals surface area (Å²) in [4.78, 5) is 25.5. The second kappa shape index (κ2) is 14.5. The Kier molecular flexibility index (Phi) is 10.8. The molecule has 0 radical (unpaired) electrons. The fraction of sp³-hybridized carbons (Fsp3) is 0.429. The third-order valence-corrected chi connectivity index (χ3v) is 7.50. The van der Waals surface area contributed by atoms with Crippen LogP contribution in [0, 0.1) is 0 Å². The highest BCUT2D eigenvalue weighted by atomic mass is 16.6. The van der Waals surface area contributed by atoms with Crippen molar-refractivity contribution in [1.82, 2.24) is 5.32 Å². The van der Waals surface area contributed by atoms with Crippen LogP contribution in [-0.4, -0.2) is 46.4 Å². The summed E-state index contributed by atoms with van der Waals surface area (Å²) in [5.41, 5.74) is 2.82. The summed E-state index contributed by atoms with van der Waals surface area (Å²) >= 11 is 0. The molecule has 7 nitrogen and oxygen atoms in total. The molecule has 2 atom stereocenters. The van der Waals surface area contributed by atoms with E-state index in [0.717, 1.165) is 42.4 Å². The number of carbonyl (C=O) groups is 2. The van der Waals surface area contributed by atoms with Crippen LogP contribution in [0.5, 0.6) is 5.75 Å². The Balaban J connectivity index is 1.59. The van der Waals surface area contributed by atoms with Gasteiger partial charge in [0.05, 0.1) is 6.10 Å². The van der Waals surface area contributed by atoms with Crippen LogP contribution in [0.25, 0.3) is 11.1 Å². The van der Waals surface area contributed by atoms with E-state index in [4.69, 9.17) is 9.47 Å². The van der Waals surface area contributed by atoms with E-state index in [1.165, 1.54) is 6.42 Å². The fourth-order valence-corrected chi connectivity index (χ4v) is 5.47. The highest BCUT2D eigenvalue weighted by Gasteiger charge is 2.32. The van der Waals surface area contributed by atoms with Crippen molar-refractivity contribution in [2.45, 2.75) is 89.6 Å². The Morgan fingerprint density at radius 1 is 0.929 bits per heavy atom. The normalized spacial score (nSPS) is 15.5. The maximum absolute atomic E-state index is 13.1. The Morgan fingerprint density at radius 2 is 1.57 bits per heavy atom. The highest BCUT2D eigenvalue weighted by Crippen LogP contribution is 2.37. The molecule has 1 aliphatic rings. The molecule has 224 valence electrons. The molecule has 1 saturated carbocycles. The number of ether oxygens (including phenoxy) is 2. The molecule has 42 heavy (non-hydrogen) atoms. The highest BCUT2D eigenvalue weighted by molar-refractivity contribution is 5.93. The minimum Gasteiger partial charge on any atom is -0.489 e. The first-order valence-corrected chi connectivity index (χ1v) is 14.9. The quantitative estimate of drug-likeness (QED) is 0.163. The summed E-state index contributed by atoms with van der Waals surface area (Å²) in [5, 5.41) is 24.4. The van der Waals surface area contributed by atoms with Crippen LogP contribution in [0.2, 0.25) is 0 Å². The molecule has 3 N–H and O–H groups in total. The zero-order valence-electron chi connectivity index (χ0n) is 24.8. The average Bonchev–Trinajstić information content (AvgIpc) is 2.97. The number of nitrogens with one attached hydrogen (secondary N) is 1. The SMILES string of the molecule is CC(C)(C)OC(=O)C(NCCCc1c(-c2ccccc2)ccc(C(=O)O)c1OC1CCCCC1)[C@H](O)c1ccccc1. The number of hydrogen-bond donors (Lipinski definition) is 3. The van der Waals surface area contributed by atoms with Crippen molar-refractivity contribution < 1.29 is 29.3 Å². The van der Waals surface area contributed by atoms with Gasteiger partial charge in [0.1, 0.15) is 29.1 Å². The summed E-state index contributed by atoms with van der Waals surface area (Å²) in [6, 6.07) is 21.5. The van der Waals surface area contributed by atoms with Gasteiger partial charge in [0.25, 0.3) is 0 Å². The van der Waals surface area contributed by atoms with E-state index >= 15 is 0 Å². The molecule has 7 heteroatoms. The lowest BCUT2D eigenvalue weighted by Gasteiger charge is -2.28. The zero-order chi connectivity index (χ0) is 30.1. The van der Waals surface area contributed by atoms with Gasteiger partial charge in [-0.1, -0.05) is 73.2 Å². The molecule has 3 aromatic rings. The van der Waals surface area contributed by atoms with Crippen molar-refractivity contribution in [3.05, 3.63) is 89.5 Å². The second-order valence-electron chi connectivity index (χ2n) is 11.9. The van der Waals surface area contributed by atoms with Crippen LogP contribution in [0.4, 0.5) is 0 Å². The molecule has 1 aliphatic carbocycles. The molecule has 1 unspecified atom stereocenters. The number of aliphatic hydroxyl groups is 1. The van der Waals surface area contributed by atoms with Gasteiger partial charge < -0.3 is 25.0 Å². The molecule has 3 aromatic carbocycles. The molecule has 0 heterocycles. The van der Waals surface area contributed by atoms with Crippen molar-refractivity contribution in [3.8, 4) is 16.9 Å². The Labute approximate surface area is 248 Å². The third-order valence-electron chi connectivity index (χ3n) is 7.50. The number of rotatable bonds is 12. The first kappa shape index (κ1) is 31.3. The van der Waals surface area contributed by atoms with Crippen LogP contribution < -0.4 is 10.1 Å². The molecule has 0 amide bonds. The molecule has 0 aromatic heterocycles. The minimum absolute atomic E-state index is 0.0164. The number of benzene rings is 3. The van der Waals surface area contributed by atoms with E-state index in [1.807, 2.05) is 54.6 Å². The summed E-state index contributed by atoms with van der Waals surface area (Å²) in [6.45, 7) is 5.78. The molecular weight excluding hydrogens is 530 g/mol. The first-order chi connectivity index (χ1) is 20.1. The van der Waals surface area contributed by atoms with Crippen molar-refractivity contribution in [3.63, 3.8) is 0 Å². The van der Waals surface area contributed by atoms with Crippen molar-refractivity contribution >= 4 is 11.9 Å². The summed E-state index contributed by atoms with van der Waals surface area (Å²) in [7, 11) is 0. The maximum Gasteiger partial charge on any atom is 0.339 e. The number of carboxylic acids is 1. The number of carbonyl (C=O) groups excluding carboxylic acids is 1. The van der Waals surface area contributed by atoms with Gasteiger partial charge in [-0.25, -0.2) is 4.79 Å². The Bertz CT molecular complexity index is 1310. The van der Waals surface area contributed by atoms with Gasteiger partial charge in [0.15, 0.2) is 0 Å². The Morgan fingerprint density at radius 3 is 2.19 bits per heavy atom. The minimum atomic E-state index is -1.10. The topological polar surface area (TPSA) is 105 Å². The Hall–Kier alpha value is -3.68. The summed E-state index contributed by atoms with van der Waals surface area (Å²) in [6.07, 6.45) is 5.10. The smallest absolute Gasteiger partial charge is 0.339 e. The van der Waals surface area contributed by atoms with Crippen molar-refractivity contribution in [1.29, 1.82) is 0 Å². The van der Waals surface area contributed by atoms with Crippen LogP contribution in [-0.2, 0) is 16.0 Å². The van der Waals surface area contributed by atoms with Crippen LogP contribution >= 0.6 is 0 Å². The average molecular weight is 574 g/mol. The van der Waals surface area contributed by atoms with Gasteiger partial charge in [0, 0.05) is 5.56 Å². The van der Waals surface area contributed by atoms with E-state index in [-0.39, 0.29) is 11.7 Å².